The molecular weight excluding hydrogens is 407 g/mol. The van der Waals surface area contributed by atoms with Crippen molar-refractivity contribution in [3.63, 3.8) is 0 Å². The van der Waals surface area contributed by atoms with Crippen molar-refractivity contribution in [2.45, 2.75) is 32.4 Å². The van der Waals surface area contributed by atoms with Crippen molar-refractivity contribution in [2.24, 2.45) is 5.92 Å². The van der Waals surface area contributed by atoms with E-state index in [0.717, 1.165) is 31.5 Å². The summed E-state index contributed by atoms with van der Waals surface area (Å²) in [5.41, 5.74) is 1.35. The molecule has 3 rings (SSSR count). The Morgan fingerprint density at radius 2 is 2.03 bits per heavy atom. The first kappa shape index (κ1) is 22.5. The fourth-order valence-corrected chi connectivity index (χ4v) is 3.75. The molecule has 2 aromatic rings. The molecule has 0 radical (unpaired) electrons. The van der Waals surface area contributed by atoms with Crippen molar-refractivity contribution in [3.8, 4) is 5.75 Å². The first-order valence-electron chi connectivity index (χ1n) is 10.2. The molecule has 1 aliphatic heterocycles. The van der Waals surface area contributed by atoms with Gasteiger partial charge in [0, 0.05) is 19.0 Å². The Labute approximate surface area is 181 Å². The second-order valence-electron chi connectivity index (χ2n) is 7.77. The lowest BCUT2D eigenvalue weighted by atomic mass is 9.95. The second-order valence-corrected chi connectivity index (χ2v) is 8.18. The van der Waals surface area contributed by atoms with Gasteiger partial charge in [-0.15, -0.1) is 0 Å². The maximum atomic E-state index is 13.6. The van der Waals surface area contributed by atoms with Crippen LogP contribution in [0.3, 0.4) is 0 Å². The number of nitrogens with zero attached hydrogens (tertiary/aromatic N) is 1. The van der Waals surface area contributed by atoms with E-state index in [9.17, 15) is 14.3 Å². The zero-order valence-corrected chi connectivity index (χ0v) is 17.9. The van der Waals surface area contributed by atoms with E-state index in [1.165, 1.54) is 6.07 Å². The van der Waals surface area contributed by atoms with Crippen molar-refractivity contribution in [2.75, 3.05) is 26.2 Å². The van der Waals surface area contributed by atoms with Crippen LogP contribution in [-0.4, -0.2) is 48.3 Å². The molecule has 1 saturated heterocycles. The quantitative estimate of drug-likeness (QED) is 0.667. The molecule has 2 aromatic carbocycles. The van der Waals surface area contributed by atoms with Crippen LogP contribution in [0, 0.1) is 18.7 Å². The summed E-state index contributed by atoms with van der Waals surface area (Å²) in [5.74, 6) is 0.237. The Bertz CT molecular complexity index is 856. The summed E-state index contributed by atoms with van der Waals surface area (Å²) in [4.78, 5) is 14.6. The van der Waals surface area contributed by atoms with Crippen LogP contribution in [0.2, 0.25) is 5.02 Å². The van der Waals surface area contributed by atoms with Gasteiger partial charge < -0.3 is 20.1 Å². The standard InChI is InChI=1S/C23H28ClFN2O3/c1-16-6-7-17(12-21(16)25)13-26-23(29)18-8-10-27(11-9-18)14-19(28)15-30-22-5-3-2-4-20(22)24/h2-7,12,18-19,28H,8-11,13-15H2,1H3,(H,26,29). The topological polar surface area (TPSA) is 61.8 Å². The van der Waals surface area contributed by atoms with E-state index in [-0.39, 0.29) is 24.2 Å². The van der Waals surface area contributed by atoms with Gasteiger partial charge in [-0.3, -0.25) is 4.79 Å². The molecule has 30 heavy (non-hydrogen) atoms. The third-order valence-corrected chi connectivity index (χ3v) is 5.71. The van der Waals surface area contributed by atoms with Crippen molar-refractivity contribution < 1.29 is 19.0 Å². The summed E-state index contributed by atoms with van der Waals surface area (Å²) in [6, 6.07) is 12.2. The molecule has 0 aromatic heterocycles. The number of ether oxygens (including phenoxy) is 1. The van der Waals surface area contributed by atoms with Crippen LogP contribution < -0.4 is 10.1 Å². The zero-order valence-electron chi connectivity index (χ0n) is 17.1. The van der Waals surface area contributed by atoms with Crippen LogP contribution in [0.15, 0.2) is 42.5 Å². The number of carbonyl (C=O) groups is 1. The smallest absolute Gasteiger partial charge is 0.223 e. The Hall–Kier alpha value is -2.15. The summed E-state index contributed by atoms with van der Waals surface area (Å²) < 4.78 is 19.2. The maximum Gasteiger partial charge on any atom is 0.223 e. The number of likely N-dealkylation sites (tertiary alicyclic amines) is 1. The number of aryl methyl sites for hydroxylation is 1. The summed E-state index contributed by atoms with van der Waals surface area (Å²) in [7, 11) is 0. The van der Waals surface area contributed by atoms with Gasteiger partial charge in [-0.1, -0.05) is 35.9 Å². The molecule has 0 bridgehead atoms. The number of halogens is 2. The number of nitrogens with one attached hydrogen (secondary N) is 1. The van der Waals surface area contributed by atoms with Crippen LogP contribution in [0.5, 0.6) is 5.75 Å². The molecule has 2 N–H and O–H groups in total. The average molecular weight is 435 g/mol. The highest BCUT2D eigenvalue weighted by atomic mass is 35.5. The van der Waals surface area contributed by atoms with Gasteiger partial charge in [0.15, 0.2) is 0 Å². The monoisotopic (exact) mass is 434 g/mol. The van der Waals surface area contributed by atoms with Gasteiger partial charge in [0.1, 0.15) is 24.3 Å². The maximum absolute atomic E-state index is 13.6. The molecule has 1 amide bonds. The van der Waals surface area contributed by atoms with E-state index in [1.807, 2.05) is 18.2 Å². The number of β-amino-alcohol motifs (C(OH)–C–C–N with tert-alkyl or cyclic N) is 1. The highest BCUT2D eigenvalue weighted by Crippen LogP contribution is 2.23. The molecule has 0 spiro atoms. The number of hydrogen-bond acceptors (Lipinski definition) is 4. The summed E-state index contributed by atoms with van der Waals surface area (Å²) in [5, 5.41) is 13.7. The molecule has 1 heterocycles. The number of para-hydroxylation sites is 1. The SMILES string of the molecule is Cc1ccc(CNC(=O)C2CCN(CC(O)COc3ccccc3Cl)CC2)cc1F. The summed E-state index contributed by atoms with van der Waals surface area (Å²) in [6.07, 6.45) is 0.821. The molecule has 1 unspecified atom stereocenters. The van der Waals surface area contributed by atoms with Crippen molar-refractivity contribution in [3.05, 3.63) is 64.4 Å². The van der Waals surface area contributed by atoms with E-state index < -0.39 is 6.10 Å². The molecule has 1 atom stereocenters. The van der Waals surface area contributed by atoms with E-state index in [2.05, 4.69) is 10.2 Å². The summed E-state index contributed by atoms with van der Waals surface area (Å²) in [6.45, 7) is 4.17. The molecule has 5 nitrogen and oxygen atoms in total. The molecule has 1 aliphatic rings. The Kier molecular flexibility index (Phi) is 8.08. The molecule has 0 saturated carbocycles. The number of aliphatic hydroxyl groups excluding tert-OH is 1. The number of benzene rings is 2. The zero-order chi connectivity index (χ0) is 21.5. The van der Waals surface area contributed by atoms with Gasteiger partial charge in [0.2, 0.25) is 5.91 Å². The lowest BCUT2D eigenvalue weighted by molar-refractivity contribution is -0.126. The molecular formula is C23H28ClFN2O3. The van der Waals surface area contributed by atoms with Gasteiger partial charge in [0.25, 0.3) is 0 Å². The van der Waals surface area contributed by atoms with Gasteiger partial charge in [0.05, 0.1) is 5.02 Å². The fourth-order valence-electron chi connectivity index (χ4n) is 3.56. The normalized spacial score (nSPS) is 16.3. The number of rotatable bonds is 8. The predicted octanol–water partition coefficient (Wildman–Crippen LogP) is 3.56. The number of hydrogen-bond donors (Lipinski definition) is 2. The Morgan fingerprint density at radius 1 is 1.30 bits per heavy atom. The van der Waals surface area contributed by atoms with E-state index >= 15 is 0 Å². The molecule has 162 valence electrons. The van der Waals surface area contributed by atoms with Crippen molar-refractivity contribution in [1.29, 1.82) is 0 Å². The van der Waals surface area contributed by atoms with Crippen LogP contribution in [-0.2, 0) is 11.3 Å². The van der Waals surface area contributed by atoms with Gasteiger partial charge in [-0.2, -0.15) is 0 Å². The Morgan fingerprint density at radius 3 is 2.73 bits per heavy atom. The van der Waals surface area contributed by atoms with Crippen molar-refractivity contribution in [1.82, 2.24) is 10.2 Å². The highest BCUT2D eigenvalue weighted by molar-refractivity contribution is 6.32. The predicted molar refractivity (Wildman–Crippen MR) is 115 cm³/mol. The Balaban J connectivity index is 1.37. The van der Waals surface area contributed by atoms with Crippen LogP contribution in [0.1, 0.15) is 24.0 Å². The molecule has 0 aliphatic carbocycles. The molecule has 7 heteroatoms. The van der Waals surface area contributed by atoms with E-state index in [4.69, 9.17) is 16.3 Å². The minimum Gasteiger partial charge on any atom is -0.489 e. The lowest BCUT2D eigenvalue weighted by Gasteiger charge is -2.32. The lowest BCUT2D eigenvalue weighted by Crippen LogP contribution is -2.44. The van der Waals surface area contributed by atoms with Gasteiger partial charge in [-0.25, -0.2) is 4.39 Å². The fraction of sp³-hybridized carbons (Fsp3) is 0.435. The van der Waals surface area contributed by atoms with E-state index in [0.29, 0.717) is 29.4 Å². The number of piperidine rings is 1. The minimum absolute atomic E-state index is 0.00163. The van der Waals surface area contributed by atoms with E-state index in [1.54, 1.807) is 25.1 Å². The van der Waals surface area contributed by atoms with Crippen LogP contribution in [0.25, 0.3) is 0 Å². The second kappa shape index (κ2) is 10.8. The summed E-state index contributed by atoms with van der Waals surface area (Å²) >= 11 is 6.05. The number of carbonyl (C=O) groups excluding carboxylic acids is 1. The average Bonchev–Trinajstić information content (AvgIpc) is 2.74. The molecule has 1 fully saturated rings. The van der Waals surface area contributed by atoms with Crippen molar-refractivity contribution >= 4 is 17.5 Å². The first-order chi connectivity index (χ1) is 14.4. The van der Waals surface area contributed by atoms with Gasteiger partial charge >= 0.3 is 0 Å². The van der Waals surface area contributed by atoms with Gasteiger partial charge in [-0.05, 0) is 62.2 Å². The number of amides is 1. The highest BCUT2D eigenvalue weighted by Gasteiger charge is 2.26. The third-order valence-electron chi connectivity index (χ3n) is 5.40. The first-order valence-corrected chi connectivity index (χ1v) is 10.6. The minimum atomic E-state index is -0.636. The third kappa shape index (κ3) is 6.42. The number of aliphatic hydroxyl groups is 1. The van der Waals surface area contributed by atoms with Crippen LogP contribution >= 0.6 is 11.6 Å². The van der Waals surface area contributed by atoms with Crippen LogP contribution in [0.4, 0.5) is 4.39 Å². The largest absolute Gasteiger partial charge is 0.489 e.